The minimum absolute atomic E-state index is 0.713. The van der Waals surface area contributed by atoms with Gasteiger partial charge in [-0.3, -0.25) is 0 Å². The lowest BCUT2D eigenvalue weighted by atomic mass is 10.00. The van der Waals surface area contributed by atoms with Gasteiger partial charge in [0.1, 0.15) is 23.0 Å². The minimum Gasteiger partial charge on any atom is -0.492 e. The summed E-state index contributed by atoms with van der Waals surface area (Å²) in [6.07, 6.45) is 12.2. The Kier molecular flexibility index (Phi) is 10.5. The van der Waals surface area contributed by atoms with Crippen LogP contribution in [0.2, 0.25) is 0 Å². The van der Waals surface area contributed by atoms with E-state index in [0.717, 1.165) is 64.0 Å². The van der Waals surface area contributed by atoms with E-state index in [9.17, 15) is 0 Å². The number of para-hydroxylation sites is 1. The fraction of sp³-hybridized carbons (Fsp3) is 0.412. The molecule has 0 bridgehead atoms. The van der Waals surface area contributed by atoms with Gasteiger partial charge in [-0.1, -0.05) is 108 Å². The lowest BCUT2D eigenvalue weighted by molar-refractivity contribution is 0.306. The van der Waals surface area contributed by atoms with Gasteiger partial charge in [0, 0.05) is 21.5 Å². The molecule has 0 saturated heterocycles. The Morgan fingerprint density at radius 2 is 0.973 bits per heavy atom. The average molecular weight is 499 g/mol. The van der Waals surface area contributed by atoms with Gasteiger partial charge in [0.2, 0.25) is 0 Å². The number of hydrogen-bond acceptors (Lipinski definition) is 3. The molecule has 196 valence electrons. The second-order valence-corrected chi connectivity index (χ2v) is 9.85. The summed E-state index contributed by atoms with van der Waals surface area (Å²) in [7, 11) is 0. The van der Waals surface area contributed by atoms with Crippen LogP contribution in [0.5, 0.6) is 23.0 Å². The van der Waals surface area contributed by atoms with Crippen molar-refractivity contribution in [2.75, 3.05) is 13.2 Å². The summed E-state index contributed by atoms with van der Waals surface area (Å²) in [6, 6.07) is 24.7. The molecule has 3 nitrogen and oxygen atoms in total. The highest BCUT2D eigenvalue weighted by atomic mass is 16.5. The van der Waals surface area contributed by atoms with E-state index in [-0.39, 0.29) is 0 Å². The molecule has 0 aromatic heterocycles. The highest BCUT2D eigenvalue weighted by Gasteiger charge is 2.17. The third-order valence-electron chi connectivity index (χ3n) is 6.86. The molecule has 0 saturated carbocycles. The van der Waals surface area contributed by atoms with Crippen LogP contribution >= 0.6 is 0 Å². The summed E-state index contributed by atoms with van der Waals surface area (Å²) < 4.78 is 19.2. The van der Waals surface area contributed by atoms with E-state index in [4.69, 9.17) is 14.2 Å². The normalized spacial score (nSPS) is 11.2. The van der Waals surface area contributed by atoms with Gasteiger partial charge in [-0.15, -0.1) is 0 Å². The molecule has 4 rings (SSSR count). The van der Waals surface area contributed by atoms with Crippen LogP contribution in [0, 0.1) is 0 Å². The van der Waals surface area contributed by atoms with Crippen LogP contribution in [-0.2, 0) is 0 Å². The zero-order valence-electron chi connectivity index (χ0n) is 22.6. The van der Waals surface area contributed by atoms with Crippen LogP contribution in [0.3, 0.4) is 0 Å². The highest BCUT2D eigenvalue weighted by molar-refractivity contribution is 6.11. The molecule has 0 heterocycles. The van der Waals surface area contributed by atoms with Gasteiger partial charge in [0.25, 0.3) is 0 Å². The summed E-state index contributed by atoms with van der Waals surface area (Å²) >= 11 is 0. The maximum Gasteiger partial charge on any atom is 0.135 e. The van der Waals surface area contributed by atoms with Gasteiger partial charge in [-0.25, -0.2) is 0 Å². The van der Waals surface area contributed by atoms with Crippen LogP contribution in [-0.4, -0.2) is 13.2 Å². The maximum absolute atomic E-state index is 6.53. The molecule has 4 aromatic rings. The summed E-state index contributed by atoms with van der Waals surface area (Å²) in [4.78, 5) is 0. The molecule has 0 N–H and O–H groups in total. The van der Waals surface area contributed by atoms with Gasteiger partial charge < -0.3 is 14.2 Å². The van der Waals surface area contributed by atoms with Gasteiger partial charge in [-0.2, -0.15) is 0 Å². The summed E-state index contributed by atoms with van der Waals surface area (Å²) in [6.45, 7) is 5.94. The van der Waals surface area contributed by atoms with E-state index in [1.165, 1.54) is 51.4 Å². The highest BCUT2D eigenvalue weighted by Crippen LogP contribution is 2.44. The third kappa shape index (κ3) is 7.41. The van der Waals surface area contributed by atoms with E-state index < -0.39 is 0 Å². The monoisotopic (exact) mass is 498 g/mol. The number of benzene rings is 4. The minimum atomic E-state index is 0.713. The summed E-state index contributed by atoms with van der Waals surface area (Å²) in [5.74, 6) is 3.49. The SMILES string of the molecule is CCCCCCCOc1c2ccccc2c(OCCCCCCC)c2cc(Oc3ccccc3)ccc12. The first-order valence-corrected chi connectivity index (χ1v) is 14.3. The molecule has 0 amide bonds. The first-order valence-electron chi connectivity index (χ1n) is 14.3. The van der Waals surface area contributed by atoms with Crippen molar-refractivity contribution in [1.29, 1.82) is 0 Å². The van der Waals surface area contributed by atoms with Crippen LogP contribution in [0.4, 0.5) is 0 Å². The molecular weight excluding hydrogens is 456 g/mol. The van der Waals surface area contributed by atoms with Crippen molar-refractivity contribution in [2.45, 2.75) is 78.1 Å². The van der Waals surface area contributed by atoms with Crippen LogP contribution in [0.1, 0.15) is 78.1 Å². The molecule has 0 aliphatic rings. The number of rotatable bonds is 16. The maximum atomic E-state index is 6.53. The molecule has 0 unspecified atom stereocenters. The fourth-order valence-electron chi connectivity index (χ4n) is 4.84. The molecule has 0 aliphatic heterocycles. The largest absolute Gasteiger partial charge is 0.492 e. The van der Waals surface area contributed by atoms with Crippen LogP contribution < -0.4 is 14.2 Å². The van der Waals surface area contributed by atoms with E-state index in [0.29, 0.717) is 6.61 Å². The van der Waals surface area contributed by atoms with E-state index in [1.807, 2.05) is 36.4 Å². The Labute approximate surface area is 222 Å². The summed E-state index contributed by atoms with van der Waals surface area (Å²) in [5.41, 5.74) is 0. The van der Waals surface area contributed by atoms with Crippen LogP contribution in [0.25, 0.3) is 21.5 Å². The molecule has 3 heteroatoms. The van der Waals surface area contributed by atoms with Gasteiger partial charge in [-0.05, 0) is 43.2 Å². The zero-order valence-corrected chi connectivity index (χ0v) is 22.6. The third-order valence-corrected chi connectivity index (χ3v) is 6.86. The van der Waals surface area contributed by atoms with E-state index in [2.05, 4.69) is 50.2 Å². The molecule has 0 atom stereocenters. The predicted molar refractivity (Wildman–Crippen MR) is 156 cm³/mol. The zero-order chi connectivity index (χ0) is 25.7. The van der Waals surface area contributed by atoms with Crippen molar-refractivity contribution < 1.29 is 14.2 Å². The lowest BCUT2D eigenvalue weighted by Gasteiger charge is -2.19. The van der Waals surface area contributed by atoms with Gasteiger partial charge >= 0.3 is 0 Å². The van der Waals surface area contributed by atoms with Crippen molar-refractivity contribution in [2.24, 2.45) is 0 Å². The molecule has 0 aliphatic carbocycles. The number of fused-ring (bicyclic) bond motifs is 2. The van der Waals surface area contributed by atoms with Gasteiger partial charge in [0.15, 0.2) is 0 Å². The fourth-order valence-corrected chi connectivity index (χ4v) is 4.84. The Bertz CT molecular complexity index is 1230. The standard InChI is InChI=1S/C34H42O3/c1-3-5-7-9-16-24-35-33-29-20-14-15-21-30(29)34(36-25-17-10-8-6-4-2)32-26-28(22-23-31(32)33)37-27-18-12-11-13-19-27/h11-15,18-23,26H,3-10,16-17,24-25H2,1-2H3. The van der Waals surface area contributed by atoms with Crippen molar-refractivity contribution >= 4 is 21.5 Å². The van der Waals surface area contributed by atoms with E-state index in [1.54, 1.807) is 0 Å². The van der Waals surface area contributed by atoms with Crippen LogP contribution in [0.15, 0.2) is 72.8 Å². The lowest BCUT2D eigenvalue weighted by Crippen LogP contribution is -2.02. The average Bonchev–Trinajstić information content (AvgIpc) is 2.93. The predicted octanol–water partition coefficient (Wildman–Crippen LogP) is 10.5. The summed E-state index contributed by atoms with van der Waals surface area (Å²) in [5, 5.41) is 4.33. The molecule has 0 spiro atoms. The molecule has 0 radical (unpaired) electrons. The Balaban J connectivity index is 1.67. The smallest absolute Gasteiger partial charge is 0.135 e. The number of ether oxygens (including phenoxy) is 3. The molecular formula is C34H42O3. The second kappa shape index (κ2) is 14.5. The first-order chi connectivity index (χ1) is 18.3. The molecule has 0 fully saturated rings. The van der Waals surface area contributed by atoms with Crippen molar-refractivity contribution in [3.63, 3.8) is 0 Å². The second-order valence-electron chi connectivity index (χ2n) is 9.85. The van der Waals surface area contributed by atoms with Gasteiger partial charge in [0.05, 0.1) is 13.2 Å². The van der Waals surface area contributed by atoms with E-state index >= 15 is 0 Å². The number of unbranched alkanes of at least 4 members (excludes halogenated alkanes) is 8. The van der Waals surface area contributed by atoms with Crippen molar-refractivity contribution in [3.8, 4) is 23.0 Å². The molecule has 37 heavy (non-hydrogen) atoms. The Hall–Kier alpha value is -3.20. The molecule has 4 aromatic carbocycles. The number of hydrogen-bond donors (Lipinski definition) is 0. The quantitative estimate of drug-likeness (QED) is 0.114. The first kappa shape index (κ1) is 26.9. The van der Waals surface area contributed by atoms with Crippen molar-refractivity contribution in [1.82, 2.24) is 0 Å². The van der Waals surface area contributed by atoms with Crippen molar-refractivity contribution in [3.05, 3.63) is 72.8 Å². The topological polar surface area (TPSA) is 27.7 Å². The Morgan fingerprint density at radius 3 is 1.57 bits per heavy atom. The Morgan fingerprint density at radius 1 is 0.459 bits per heavy atom.